The van der Waals surface area contributed by atoms with Gasteiger partial charge in [0, 0.05) is 0 Å². The zero-order chi connectivity index (χ0) is 78.5. The number of aliphatic carboxylic acids is 1. The Kier molecular flexibility index (Phi) is 42.4. The zero-order valence-electron chi connectivity index (χ0n) is 62.3. The predicted octanol–water partition coefficient (Wildman–Crippen LogP) is -3.15. The van der Waals surface area contributed by atoms with Crippen LogP contribution in [-0.4, -0.2) is 204 Å². The van der Waals surface area contributed by atoms with E-state index in [-0.39, 0.29) is 44.7 Å². The summed E-state index contributed by atoms with van der Waals surface area (Å²) in [5, 5.41) is 53.4. The minimum Gasteiger partial charge on any atom is -0.481 e. The van der Waals surface area contributed by atoms with Gasteiger partial charge in [0.1, 0.15) is 66.5 Å². The molecule has 34 heteroatoms. The van der Waals surface area contributed by atoms with Gasteiger partial charge in [0.15, 0.2) is 0 Å². The lowest BCUT2D eigenvalue weighted by Crippen LogP contribution is -2.62. The van der Waals surface area contributed by atoms with Gasteiger partial charge in [0.2, 0.25) is 82.7 Å². The van der Waals surface area contributed by atoms with Gasteiger partial charge in [-0.25, -0.2) is 0 Å². The van der Waals surface area contributed by atoms with Gasteiger partial charge in [-0.2, -0.15) is 0 Å². The fraction of sp³-hybridized carbons (Fsp3) is 0.696. The van der Waals surface area contributed by atoms with Crippen molar-refractivity contribution in [1.29, 1.82) is 0 Å². The minimum absolute atomic E-state index is 0.00530. The molecule has 0 aliphatic carbocycles. The van der Waals surface area contributed by atoms with E-state index in [2.05, 4.69) is 69.1 Å². The first-order chi connectivity index (χ1) is 48.2. The highest BCUT2D eigenvalue weighted by Gasteiger charge is 2.39. The number of amides is 14. The molecule has 14 amide bonds. The summed E-state index contributed by atoms with van der Waals surface area (Å²) >= 11 is 0. The molecular weight excluding hydrogens is 1340 g/mol. The topological polar surface area (TPSA) is 557 Å². The van der Waals surface area contributed by atoms with Crippen molar-refractivity contribution >= 4 is 88.7 Å². The largest absolute Gasteiger partial charge is 0.481 e. The molecule has 34 nitrogen and oxygen atoms in total. The number of nitrogens with one attached hydrogen (secondary N) is 13. The van der Waals surface area contributed by atoms with Crippen molar-refractivity contribution in [2.24, 2.45) is 58.4 Å². The minimum atomic E-state index is -1.69. The number of carboxylic acid groups (broad SMARTS) is 1. The predicted molar refractivity (Wildman–Crippen MR) is 383 cm³/mol. The van der Waals surface area contributed by atoms with Gasteiger partial charge in [-0.3, -0.25) is 71.9 Å². The smallest absolute Gasteiger partial charge is 0.305 e. The van der Waals surface area contributed by atoms with Crippen LogP contribution in [0.1, 0.15) is 167 Å². The third kappa shape index (κ3) is 33.8. The normalized spacial score (nSPS) is 15.7. The fourth-order valence-corrected chi connectivity index (χ4v) is 10.5. The quantitative estimate of drug-likeness (QED) is 0.0286. The lowest BCUT2D eigenvalue weighted by molar-refractivity contribution is -0.141. The number of unbranched alkanes of at least 4 members (excludes halogenated alkanes) is 2. The molecule has 103 heavy (non-hydrogen) atoms. The number of hydrogen-bond donors (Lipinski definition) is 19. The van der Waals surface area contributed by atoms with Crippen molar-refractivity contribution in [2.75, 3.05) is 26.2 Å². The Bertz CT molecular complexity index is 2970. The molecule has 0 aliphatic heterocycles. The second kappa shape index (κ2) is 47.4. The summed E-state index contributed by atoms with van der Waals surface area (Å²) in [5.74, 6) is -16.3. The van der Waals surface area contributed by atoms with Crippen molar-refractivity contribution < 1.29 is 82.1 Å². The molecule has 23 N–H and O–H groups in total. The Hall–Kier alpha value is -8.89. The van der Waals surface area contributed by atoms with E-state index in [0.29, 0.717) is 44.1 Å². The van der Waals surface area contributed by atoms with Gasteiger partial charge in [0.05, 0.1) is 31.7 Å². The number of carboxylic acids is 1. The van der Waals surface area contributed by atoms with Gasteiger partial charge in [-0.05, 0) is 119 Å². The summed E-state index contributed by atoms with van der Waals surface area (Å²) in [4.78, 5) is 203. The fourth-order valence-electron chi connectivity index (χ4n) is 10.5. The lowest BCUT2D eigenvalue weighted by atomic mass is 9.95. The van der Waals surface area contributed by atoms with Crippen LogP contribution in [0.3, 0.4) is 0 Å². The molecule has 1 rings (SSSR count). The molecule has 0 fully saturated rings. The van der Waals surface area contributed by atoms with Gasteiger partial charge in [-0.1, -0.05) is 126 Å². The average molecular weight is 1460 g/mol. The van der Waals surface area contributed by atoms with Crippen molar-refractivity contribution in [2.45, 2.75) is 246 Å². The van der Waals surface area contributed by atoms with Crippen LogP contribution in [0.25, 0.3) is 0 Å². The Morgan fingerprint density at radius 2 is 0.796 bits per heavy atom. The highest BCUT2D eigenvalue weighted by molar-refractivity contribution is 6.00. The summed E-state index contributed by atoms with van der Waals surface area (Å²) in [6, 6.07) is -7.30. The number of carbonyl (C=O) groups excluding carboxylic acids is 14. The maximum absolute atomic E-state index is 14.5. The SMILES string of the molecule is CC[C@H](C)[C@H](NC(=O)[C@H](CC(=O)O)NC(=O)[C@@H](N)Cc1ccccc1)C(=O)N[C@H](C(=O)N[C@@H](CCCCN)C(=O)N[C@@H](CCCCN)C(=O)N[C@H](C(=O)N[C@H](C(=O)NCC(=O)N[C@H](C(=O)N[C@H](C(=O)N[C@@H](C)C(=O)NCC(=O)N[C@@H](CC(C)C)C(N)=O)[C@@H](C)CC)[C@@H](C)O)C(C)C)C(C)C)C(C)C. The molecular formula is C69H119N17O17. The first-order valence-electron chi connectivity index (χ1n) is 35.5. The number of nitrogens with two attached hydrogens (primary N) is 4. The first-order valence-corrected chi connectivity index (χ1v) is 35.5. The standard InChI is InChI=1S/C69H119N17O17/c1-15-39(11)55(67(101)76-41(13)59(93)74-33-49(88)77-47(58(73)92)30-35(3)4)86-69(103)57(42(14)87)81-50(89)34-75-64(98)52(36(5)6)83-66(100)54(38(9)10)82-62(96)46(27-21-23-29-71)78-61(95)45(26-20-22-28-70)79-65(99)53(37(7)8)84-68(102)56(40(12)16-2)85-63(97)48(32-51(90)91)80-60(94)44(72)31-43-24-18-17-19-25-43/h17-19,24-25,35-42,44-48,52-57,87H,15-16,20-23,26-34,70-72H2,1-14H3,(H2,73,92)(H,74,93)(H,75,98)(H,76,101)(H,77,88)(H,78,95)(H,79,99)(H,80,94)(H,81,89)(H,82,96)(H,83,100)(H,84,102)(H,85,97)(H,86,103)(H,90,91)/t39-,40-,41-,42+,44-,45-,46-,47-,48-,52-,53-,54-,55-,56-,57-/m0/s1. The molecule has 1 aromatic rings. The Morgan fingerprint density at radius 1 is 0.417 bits per heavy atom. The van der Waals surface area contributed by atoms with E-state index in [4.69, 9.17) is 22.9 Å². The summed E-state index contributed by atoms with van der Waals surface area (Å²) in [7, 11) is 0. The summed E-state index contributed by atoms with van der Waals surface area (Å²) in [6.07, 6.45) is 0.0522. The highest BCUT2D eigenvalue weighted by Crippen LogP contribution is 2.16. The third-order valence-corrected chi connectivity index (χ3v) is 17.2. The first kappa shape index (κ1) is 92.1. The Balaban J connectivity index is 3.33. The molecule has 0 heterocycles. The van der Waals surface area contributed by atoms with E-state index in [1.807, 2.05) is 13.8 Å². The monoisotopic (exact) mass is 1460 g/mol. The van der Waals surface area contributed by atoms with Crippen LogP contribution >= 0.6 is 0 Å². The van der Waals surface area contributed by atoms with E-state index in [1.165, 1.54) is 13.8 Å². The maximum atomic E-state index is 14.5. The van der Waals surface area contributed by atoms with E-state index in [1.54, 1.807) is 99.6 Å². The molecule has 0 bridgehead atoms. The van der Waals surface area contributed by atoms with Crippen molar-refractivity contribution in [3.05, 3.63) is 35.9 Å². The number of rotatable bonds is 49. The van der Waals surface area contributed by atoms with E-state index >= 15 is 0 Å². The van der Waals surface area contributed by atoms with Gasteiger partial charge >= 0.3 is 5.97 Å². The van der Waals surface area contributed by atoms with Crippen LogP contribution in [0, 0.1) is 35.5 Å². The van der Waals surface area contributed by atoms with Crippen LogP contribution in [-0.2, 0) is 78.3 Å². The maximum Gasteiger partial charge on any atom is 0.305 e. The molecule has 0 aliphatic rings. The van der Waals surface area contributed by atoms with E-state index < -0.39 is 216 Å². The average Bonchev–Trinajstić information content (AvgIpc) is 0.852. The summed E-state index contributed by atoms with van der Waals surface area (Å²) in [6.45, 7) is 21.7. The van der Waals surface area contributed by atoms with Gasteiger partial charge in [-0.15, -0.1) is 0 Å². The molecule has 0 aromatic heterocycles. The Morgan fingerprint density at radius 3 is 1.24 bits per heavy atom. The van der Waals surface area contributed by atoms with Crippen LogP contribution in [0.5, 0.6) is 0 Å². The molecule has 1 aromatic carbocycles. The van der Waals surface area contributed by atoms with Crippen molar-refractivity contribution in [3.63, 3.8) is 0 Å². The summed E-state index contributed by atoms with van der Waals surface area (Å²) in [5.41, 5.74) is 23.9. The number of aliphatic hydroxyl groups is 1. The van der Waals surface area contributed by atoms with Crippen LogP contribution in [0.2, 0.25) is 0 Å². The molecule has 0 saturated heterocycles. The third-order valence-electron chi connectivity index (χ3n) is 17.2. The molecule has 15 atom stereocenters. The van der Waals surface area contributed by atoms with Crippen LogP contribution < -0.4 is 92.1 Å². The number of aliphatic hydroxyl groups excluding tert-OH is 1. The number of carbonyl (C=O) groups is 15. The second-order valence-electron chi connectivity index (χ2n) is 27.7. The van der Waals surface area contributed by atoms with Crippen molar-refractivity contribution in [1.82, 2.24) is 69.1 Å². The molecule has 0 spiro atoms. The number of benzene rings is 1. The Labute approximate surface area is 604 Å². The van der Waals surface area contributed by atoms with Gasteiger partial charge < -0.3 is 102 Å². The number of primary amides is 1. The van der Waals surface area contributed by atoms with Crippen LogP contribution in [0.15, 0.2) is 30.3 Å². The van der Waals surface area contributed by atoms with E-state index in [0.717, 1.165) is 0 Å². The molecule has 582 valence electrons. The molecule has 0 unspecified atom stereocenters. The number of hydrogen-bond acceptors (Lipinski definition) is 19. The highest BCUT2D eigenvalue weighted by atomic mass is 16.4. The summed E-state index contributed by atoms with van der Waals surface area (Å²) < 4.78 is 0. The van der Waals surface area contributed by atoms with Crippen LogP contribution in [0.4, 0.5) is 0 Å². The lowest BCUT2D eigenvalue weighted by Gasteiger charge is -2.31. The van der Waals surface area contributed by atoms with E-state index in [9.17, 15) is 82.1 Å². The second-order valence-corrected chi connectivity index (χ2v) is 27.7. The molecule has 0 saturated carbocycles. The van der Waals surface area contributed by atoms with Crippen molar-refractivity contribution in [3.8, 4) is 0 Å². The van der Waals surface area contributed by atoms with Gasteiger partial charge in [0.25, 0.3) is 0 Å². The zero-order valence-corrected chi connectivity index (χ0v) is 62.3. The molecule has 0 radical (unpaired) electrons.